The van der Waals surface area contributed by atoms with Gasteiger partial charge in [-0.05, 0) is 12.5 Å². The van der Waals surface area contributed by atoms with E-state index in [0.717, 1.165) is 24.2 Å². The van der Waals surface area contributed by atoms with Crippen LogP contribution in [0.15, 0.2) is 24.8 Å². The van der Waals surface area contributed by atoms with Gasteiger partial charge in [0.05, 0.1) is 24.0 Å². The second kappa shape index (κ2) is 7.07. The van der Waals surface area contributed by atoms with Crippen LogP contribution in [0.4, 0.5) is 0 Å². The highest BCUT2D eigenvalue weighted by Gasteiger charge is 2.01. The SMILES string of the molecule is CCCCCS(=O)(=O)O.c1cc2[nH]cncc-2n1. The molecule has 0 atom stereocenters. The van der Waals surface area contributed by atoms with Crippen LogP contribution in [0.3, 0.4) is 0 Å². The molecule has 0 aromatic heterocycles. The Hall–Kier alpha value is -1.47. The first kappa shape index (κ1) is 14.6. The van der Waals surface area contributed by atoms with Crippen molar-refractivity contribution in [1.29, 1.82) is 0 Å². The highest BCUT2D eigenvalue weighted by molar-refractivity contribution is 7.85. The molecule has 7 heteroatoms. The molecule has 0 aliphatic carbocycles. The van der Waals surface area contributed by atoms with Crippen LogP contribution in [-0.4, -0.2) is 33.7 Å². The van der Waals surface area contributed by atoms with Crippen molar-refractivity contribution in [3.8, 4) is 11.4 Å². The van der Waals surface area contributed by atoms with Crippen molar-refractivity contribution < 1.29 is 13.0 Å². The number of fused-ring (bicyclic) bond motifs is 1. The molecular formula is C11H17N3O3S. The molecule has 18 heavy (non-hydrogen) atoms. The predicted molar refractivity (Wildman–Crippen MR) is 68.9 cm³/mol. The molecular weight excluding hydrogens is 254 g/mol. The lowest BCUT2D eigenvalue weighted by molar-refractivity contribution is 0.480. The van der Waals surface area contributed by atoms with E-state index in [9.17, 15) is 8.42 Å². The van der Waals surface area contributed by atoms with Gasteiger partial charge in [0.2, 0.25) is 0 Å². The first-order valence-electron chi connectivity index (χ1n) is 5.71. The maximum Gasteiger partial charge on any atom is 0.264 e. The Morgan fingerprint density at radius 1 is 1.39 bits per heavy atom. The number of hydrogen-bond donors (Lipinski definition) is 2. The Morgan fingerprint density at radius 3 is 2.78 bits per heavy atom. The zero-order valence-electron chi connectivity index (χ0n) is 10.2. The molecule has 100 valence electrons. The molecule has 0 bridgehead atoms. The predicted octanol–water partition coefficient (Wildman–Crippen LogP) is 1.97. The third kappa shape index (κ3) is 5.74. The van der Waals surface area contributed by atoms with E-state index in [1.54, 1.807) is 18.7 Å². The number of hydrogen-bond acceptors (Lipinski definition) is 4. The molecule has 0 radical (unpaired) electrons. The fourth-order valence-corrected chi connectivity index (χ4v) is 1.89. The van der Waals surface area contributed by atoms with Crippen molar-refractivity contribution in [3.05, 3.63) is 24.8 Å². The Bertz CT molecular complexity index is 497. The van der Waals surface area contributed by atoms with E-state index in [0.29, 0.717) is 6.42 Å². The number of aromatic amines is 1. The number of H-pyrrole nitrogens is 1. The number of nitrogens with zero attached hydrogens (tertiary/aromatic N) is 2. The summed E-state index contributed by atoms with van der Waals surface area (Å²) in [5.74, 6) is -0.0964. The van der Waals surface area contributed by atoms with E-state index < -0.39 is 10.1 Å². The molecule has 2 heterocycles. The second-order valence-electron chi connectivity index (χ2n) is 3.79. The van der Waals surface area contributed by atoms with Crippen LogP contribution < -0.4 is 0 Å². The largest absolute Gasteiger partial charge is 0.345 e. The van der Waals surface area contributed by atoms with Crippen LogP contribution in [-0.2, 0) is 10.1 Å². The van der Waals surface area contributed by atoms with Gasteiger partial charge in [0.1, 0.15) is 5.69 Å². The summed E-state index contributed by atoms with van der Waals surface area (Å²) in [7, 11) is -3.70. The van der Waals surface area contributed by atoms with Gasteiger partial charge in [0, 0.05) is 6.20 Å². The standard InChI is InChI=1S/C6H5N3.C5H12O3S/c1-2-8-6-3-7-4-9-5(1)6;1-2-3-4-5-9(6,7)8/h1-4H,(H,7,9);2-5H2,1H3,(H,6,7,8). The van der Waals surface area contributed by atoms with Gasteiger partial charge in [0.15, 0.2) is 0 Å². The number of aromatic nitrogens is 3. The molecule has 0 aromatic carbocycles. The summed E-state index contributed by atoms with van der Waals surface area (Å²) in [6, 6.07) is 1.91. The van der Waals surface area contributed by atoms with E-state index >= 15 is 0 Å². The fourth-order valence-electron chi connectivity index (χ4n) is 1.32. The third-order valence-electron chi connectivity index (χ3n) is 2.23. The van der Waals surface area contributed by atoms with Crippen LogP contribution in [0.25, 0.3) is 11.4 Å². The average molecular weight is 271 g/mol. The van der Waals surface area contributed by atoms with Crippen LogP contribution in [0.1, 0.15) is 26.2 Å². The molecule has 6 nitrogen and oxygen atoms in total. The summed E-state index contributed by atoms with van der Waals surface area (Å²) < 4.78 is 28.3. The highest BCUT2D eigenvalue weighted by Crippen LogP contribution is 2.12. The lowest BCUT2D eigenvalue weighted by Gasteiger charge is -1.92. The van der Waals surface area contributed by atoms with Crippen molar-refractivity contribution in [2.45, 2.75) is 26.2 Å². The lowest BCUT2D eigenvalue weighted by atomic mass is 10.3. The van der Waals surface area contributed by atoms with Gasteiger partial charge in [0.25, 0.3) is 10.1 Å². The van der Waals surface area contributed by atoms with Gasteiger partial charge >= 0.3 is 0 Å². The van der Waals surface area contributed by atoms with Crippen LogP contribution in [0.2, 0.25) is 0 Å². The summed E-state index contributed by atoms with van der Waals surface area (Å²) in [5.41, 5.74) is 1.95. The molecule has 0 fully saturated rings. The quantitative estimate of drug-likeness (QED) is 0.654. The minimum atomic E-state index is -3.70. The smallest absolute Gasteiger partial charge is 0.264 e. The summed E-state index contributed by atoms with van der Waals surface area (Å²) in [5, 5.41) is 0. The Labute approximate surface area is 107 Å². The minimum Gasteiger partial charge on any atom is -0.345 e. The number of unbranched alkanes of at least 4 members (excludes halogenated alkanes) is 2. The molecule has 2 rings (SSSR count). The van der Waals surface area contributed by atoms with E-state index in [2.05, 4.69) is 15.0 Å². The van der Waals surface area contributed by atoms with E-state index in [-0.39, 0.29) is 5.75 Å². The van der Waals surface area contributed by atoms with Crippen molar-refractivity contribution in [2.24, 2.45) is 0 Å². The Balaban J connectivity index is 0.000000180. The first-order chi connectivity index (χ1) is 8.53. The van der Waals surface area contributed by atoms with Crippen molar-refractivity contribution in [1.82, 2.24) is 15.0 Å². The average Bonchev–Trinajstić information content (AvgIpc) is 2.76. The van der Waals surface area contributed by atoms with Crippen LogP contribution in [0, 0.1) is 0 Å². The van der Waals surface area contributed by atoms with E-state index in [1.165, 1.54) is 0 Å². The number of nitrogens with one attached hydrogen (secondary N) is 1. The third-order valence-corrected chi connectivity index (χ3v) is 3.03. The van der Waals surface area contributed by atoms with Crippen molar-refractivity contribution >= 4 is 10.1 Å². The lowest BCUT2D eigenvalue weighted by Crippen LogP contribution is -2.02. The second-order valence-corrected chi connectivity index (χ2v) is 5.36. The van der Waals surface area contributed by atoms with Crippen LogP contribution in [0.5, 0.6) is 0 Å². The molecule has 0 amide bonds. The van der Waals surface area contributed by atoms with Gasteiger partial charge < -0.3 is 4.98 Å². The topological polar surface area (TPSA) is 95.9 Å². The Kier molecular flexibility index (Phi) is 5.73. The monoisotopic (exact) mass is 271 g/mol. The van der Waals surface area contributed by atoms with Gasteiger partial charge in [-0.25, -0.2) is 4.98 Å². The van der Waals surface area contributed by atoms with Gasteiger partial charge in [-0.1, -0.05) is 19.8 Å². The van der Waals surface area contributed by atoms with E-state index in [4.69, 9.17) is 4.55 Å². The maximum atomic E-state index is 10.1. The Morgan fingerprint density at radius 2 is 2.17 bits per heavy atom. The molecule has 0 unspecified atom stereocenters. The van der Waals surface area contributed by atoms with Gasteiger partial charge in [-0.15, -0.1) is 0 Å². The van der Waals surface area contributed by atoms with Crippen LogP contribution >= 0.6 is 0 Å². The minimum absolute atomic E-state index is 0.0964. The summed E-state index contributed by atoms with van der Waals surface area (Å²) in [6.07, 6.45) is 7.52. The molecule has 0 aromatic rings. The van der Waals surface area contributed by atoms with Gasteiger partial charge in [-0.3, -0.25) is 9.54 Å². The molecule has 2 aliphatic heterocycles. The normalized spacial score (nSPS) is 11.0. The maximum absolute atomic E-state index is 10.1. The molecule has 2 aliphatic rings. The highest BCUT2D eigenvalue weighted by atomic mass is 32.2. The molecule has 0 saturated carbocycles. The summed E-state index contributed by atoms with van der Waals surface area (Å²) in [4.78, 5) is 10.8. The zero-order valence-corrected chi connectivity index (χ0v) is 11.0. The fraction of sp³-hybridized carbons (Fsp3) is 0.455. The summed E-state index contributed by atoms with van der Waals surface area (Å²) >= 11 is 0. The van der Waals surface area contributed by atoms with E-state index in [1.807, 2.05) is 13.0 Å². The molecule has 0 saturated heterocycles. The summed E-state index contributed by atoms with van der Waals surface area (Å²) in [6.45, 7) is 1.98. The number of rotatable bonds is 4. The molecule has 0 spiro atoms. The first-order valence-corrected chi connectivity index (χ1v) is 7.32. The molecule has 2 N–H and O–H groups in total. The van der Waals surface area contributed by atoms with Crippen molar-refractivity contribution in [3.63, 3.8) is 0 Å². The van der Waals surface area contributed by atoms with Gasteiger partial charge in [-0.2, -0.15) is 8.42 Å². The zero-order chi connectivity index (χ0) is 13.4. The van der Waals surface area contributed by atoms with Crippen molar-refractivity contribution in [2.75, 3.05) is 5.75 Å².